The minimum absolute atomic E-state index is 0. The maximum absolute atomic E-state index is 13.6. The Morgan fingerprint density at radius 1 is 0.105 bits per heavy atom. The van der Waals surface area contributed by atoms with Crippen molar-refractivity contribution in [2.75, 3.05) is 0 Å². The van der Waals surface area contributed by atoms with Crippen molar-refractivity contribution in [3.8, 4) is 0 Å². The van der Waals surface area contributed by atoms with Crippen LogP contribution in [0.2, 0.25) is 0 Å². The van der Waals surface area contributed by atoms with Crippen molar-refractivity contribution in [1.82, 2.24) is 0 Å². The van der Waals surface area contributed by atoms with Gasteiger partial charge in [-0.05, 0) is 0 Å². The Kier molecular flexibility index (Phi) is 32.2. The molecule has 0 spiro atoms. The molecule has 6 nitrogen and oxygen atoms in total. The Morgan fingerprint density at radius 2 is 0.153 bits per heavy atom. The van der Waals surface area contributed by atoms with Gasteiger partial charge in [-0.25, -0.2) is 0 Å². The van der Waals surface area contributed by atoms with Gasteiger partial charge >= 0.3 is 250 Å². The third kappa shape index (κ3) is 15.9. The molecule has 0 saturated heterocycles. The van der Waals surface area contributed by atoms with Gasteiger partial charge in [0.05, 0.1) is 0 Å². The topological polar surface area (TPSA) is 120 Å². The van der Waals surface area contributed by atoms with E-state index in [0.717, 1.165) is 0 Å². The van der Waals surface area contributed by atoms with E-state index in [-0.39, 0.29) is 37.3 Å². The Bertz CT molecular complexity index is 3250. The van der Waals surface area contributed by atoms with Gasteiger partial charge in [0, 0.05) is 0 Å². The van der Waals surface area contributed by atoms with Crippen LogP contribution < -0.4 is 14.7 Å². The van der Waals surface area contributed by atoms with Crippen LogP contribution in [0.25, 0.3) is 0 Å². The average Bonchev–Trinajstić information content (AvgIpc) is 0.684. The SMILES string of the molecule is O=P([O-])(C(F)(F)C(F)(F)C(F)(F)C(F)(F)C(F)(F)C(F)(F)F)C(F)(F)C(F)(F)C(F)(F)C(F)(F)C(F)(F)C(F)(F)F.O=P([O-])(C(F)(F)C(F)(F)C(F)(F)C(F)(F)C(F)(F)C(F)(F)F)C(F)(F)C(F)(F)C(F)(F)C(F)(F)C(F)(F)C(F)(F)F.O=P([O-])(C(F)(F)C(F)(F)C(F)(F)C(F)(F)C(F)(F)C(F)(F)F)C(F)(F)C(F)(F)C(F)(F)C(F)(F)C(F)(F)C(F)(F)F.[Er+3]. The van der Waals surface area contributed by atoms with Gasteiger partial charge in [0.25, 0.3) is 0 Å². The maximum atomic E-state index is 13.6. The summed E-state index contributed by atoms with van der Waals surface area (Å²) in [7, 11) is -32.9. The van der Waals surface area contributed by atoms with E-state index in [1.54, 1.807) is 0 Å². The Morgan fingerprint density at radius 3 is 0.202 bits per heavy atom. The largest absolute Gasteiger partial charge is 3.00 e. The van der Waals surface area contributed by atoms with E-state index in [1.807, 2.05) is 0 Å². The zero-order valence-corrected chi connectivity index (χ0v) is 56.1. The second kappa shape index (κ2) is 31.5. The van der Waals surface area contributed by atoms with Crippen LogP contribution in [-0.4, -0.2) is 213 Å². The molecule has 0 amide bonds. The fourth-order valence-electron chi connectivity index (χ4n) is 6.21. The second-order valence-electron chi connectivity index (χ2n) is 21.7. The number of rotatable bonds is 30. The molecule has 1 radical (unpaired) electrons. The minimum atomic E-state index is -11.0. The number of halogens is 78. The monoisotopic (exact) mass is 2270 g/mol. The Balaban J connectivity index is -0.000000867. The number of hydrogen-bond donors (Lipinski definition) is 0. The van der Waals surface area contributed by atoms with Crippen molar-refractivity contribution in [3.05, 3.63) is 0 Å². The molecule has 0 atom stereocenters. The van der Waals surface area contributed by atoms with Crippen LogP contribution >= 0.6 is 22.1 Å². The summed E-state index contributed by atoms with van der Waals surface area (Å²) in [5.74, 6) is -220. The summed E-state index contributed by atoms with van der Waals surface area (Å²) < 4.78 is 1040. The first-order valence-corrected chi connectivity index (χ1v) is 29.6. The van der Waals surface area contributed by atoms with Crippen LogP contribution in [0.4, 0.5) is 342 Å². The van der Waals surface area contributed by atoms with Crippen molar-refractivity contribution < 1.29 is 408 Å². The molecule has 0 aliphatic heterocycles. The molecule has 0 aromatic rings. The molecule has 0 aliphatic rings. The summed E-state index contributed by atoms with van der Waals surface area (Å²) in [5, 5.41) is 0. The van der Waals surface area contributed by atoms with Crippen LogP contribution in [0.3, 0.4) is 0 Å². The molecule has 0 aliphatic carbocycles. The summed E-state index contributed by atoms with van der Waals surface area (Å²) in [6, 6.07) is 0. The average molecular weight is 2270 g/mol. The molecule has 0 heterocycles. The molecule has 0 bridgehead atoms. The van der Waals surface area contributed by atoms with Crippen molar-refractivity contribution in [2.45, 2.75) is 213 Å². The van der Waals surface area contributed by atoms with E-state index in [1.165, 1.54) is 0 Å². The summed E-state index contributed by atoms with van der Waals surface area (Å²) in [6.45, 7) is 0. The fourth-order valence-corrected chi connectivity index (χ4v) is 10.3. The predicted octanol–water partition coefficient (Wildman–Crippen LogP) is 24.1. The van der Waals surface area contributed by atoms with Crippen LogP contribution in [-0.2, 0) is 13.7 Å². The molecule has 0 aromatic heterocycles. The van der Waals surface area contributed by atoms with Gasteiger partial charge in [-0.15, -0.1) is 0 Å². The molecular weight excluding hydrogens is 2270 g/mol. The number of alkyl halides is 78. The molecule has 88 heteroatoms. The second-order valence-corrected chi connectivity index (χ2v) is 28.4. The van der Waals surface area contributed by atoms with Gasteiger partial charge in [0.2, 0.25) is 0 Å². The first-order valence-electron chi connectivity index (χ1n) is 24.7. The van der Waals surface area contributed by atoms with E-state index in [0.29, 0.717) is 0 Å². The van der Waals surface area contributed by atoms with E-state index in [4.69, 9.17) is 0 Å². The van der Waals surface area contributed by atoms with Gasteiger partial charge < -0.3 is 28.4 Å². The van der Waals surface area contributed by atoms with Crippen LogP contribution in [0.15, 0.2) is 0 Å². The molecule has 753 valence electrons. The van der Waals surface area contributed by atoms with E-state index in [9.17, 15) is 371 Å². The standard InChI is InChI=1S/3C12HF26O2P.Er/c3*13-1(14,5(21,22)9(29,30)31)3(17,18)7(25,26)11(35,36)41(39,40)12(37,38)8(27,28)4(19,20)2(15,16)6(23,24)10(32,33)34;/h3*(H,39,40);/q;;;+3/p-3. The molecule has 0 fully saturated rings. The van der Waals surface area contributed by atoms with E-state index in [2.05, 4.69) is 0 Å². The Labute approximate surface area is 643 Å². The van der Waals surface area contributed by atoms with Gasteiger partial charge in [-0.3, -0.25) is 0 Å². The van der Waals surface area contributed by atoms with Gasteiger partial charge in [0.1, 0.15) is 0 Å². The fraction of sp³-hybridized carbons (Fsp3) is 1.00. The molecule has 0 saturated carbocycles. The minimum Gasteiger partial charge on any atom is -0.791 e. The van der Waals surface area contributed by atoms with Crippen LogP contribution in [0.5, 0.6) is 0 Å². The summed E-state index contributed by atoms with van der Waals surface area (Å²) in [5.41, 5.74) is -56.8. The van der Waals surface area contributed by atoms with Crippen molar-refractivity contribution in [2.24, 2.45) is 0 Å². The zero-order valence-electron chi connectivity index (χ0n) is 51.6. The van der Waals surface area contributed by atoms with E-state index < -0.39 is 235 Å². The normalized spacial score (nSPS) is 17.1. The first kappa shape index (κ1) is 127. The van der Waals surface area contributed by atoms with Crippen molar-refractivity contribution in [3.63, 3.8) is 0 Å². The summed E-state index contributed by atoms with van der Waals surface area (Å²) >= 11 is 0. The molecule has 0 rings (SSSR count). The van der Waals surface area contributed by atoms with Gasteiger partial charge in [-0.2, -0.15) is 342 Å². The molecule has 124 heavy (non-hydrogen) atoms. The van der Waals surface area contributed by atoms with Crippen LogP contribution in [0.1, 0.15) is 0 Å². The van der Waals surface area contributed by atoms with E-state index >= 15 is 0 Å². The van der Waals surface area contributed by atoms with Crippen molar-refractivity contribution >= 4 is 22.1 Å². The predicted molar refractivity (Wildman–Crippen MR) is 208 cm³/mol. The smallest absolute Gasteiger partial charge is 0.791 e. The third-order valence-electron chi connectivity index (χ3n) is 13.7. The first-order chi connectivity index (χ1) is 51.0. The molecule has 0 N–H and O–H groups in total. The number of hydrogen-bond acceptors (Lipinski definition) is 6. The van der Waals surface area contributed by atoms with Crippen LogP contribution in [0, 0.1) is 37.3 Å². The summed E-state index contributed by atoms with van der Waals surface area (Å²) in [4.78, 5) is 33.0. The Hall–Kier alpha value is -3.64. The summed E-state index contributed by atoms with van der Waals surface area (Å²) in [6.07, 6.45) is -49.2. The molecule has 0 unspecified atom stereocenters. The molecular formula is C36ErF78O6P3. The zero-order chi connectivity index (χ0) is 104. The van der Waals surface area contributed by atoms with Gasteiger partial charge in [0.15, 0.2) is 22.1 Å². The maximum Gasteiger partial charge on any atom is 3.00 e. The third-order valence-corrected chi connectivity index (χ3v) is 19.8. The quantitative estimate of drug-likeness (QED) is 0.0522. The van der Waals surface area contributed by atoms with Gasteiger partial charge in [-0.1, -0.05) is 0 Å². The van der Waals surface area contributed by atoms with Crippen molar-refractivity contribution in [1.29, 1.82) is 0 Å². The molecule has 0 aromatic carbocycles.